The van der Waals surface area contributed by atoms with Gasteiger partial charge in [-0.25, -0.2) is 0 Å². The summed E-state index contributed by atoms with van der Waals surface area (Å²) in [5, 5.41) is 8.85. The van der Waals surface area contributed by atoms with Gasteiger partial charge in [-0.3, -0.25) is 0 Å². The molecule has 0 heterocycles. The van der Waals surface area contributed by atoms with Gasteiger partial charge in [-0.15, -0.1) is 0 Å². The summed E-state index contributed by atoms with van der Waals surface area (Å²) in [4.78, 5) is 25.9. The fraction of sp³-hybridized carbons (Fsp3) is 0.667. The van der Waals surface area contributed by atoms with Crippen LogP contribution in [0.4, 0.5) is 4.79 Å². The number of carbonyl (C=O) groups excluding carboxylic acids is 1. The standard InChI is InChI=1S/C6H12N2O3Te2/c1-4(5(9)10)8(12-2,13-3)6(7)11/h4H,1-3H3,(H2-,7,9,10,11)/p+1. The molecule has 0 aromatic heterocycles. The van der Waals surface area contributed by atoms with Crippen molar-refractivity contribution in [2.75, 3.05) is 0 Å². The van der Waals surface area contributed by atoms with Crippen molar-refractivity contribution in [3.63, 3.8) is 0 Å². The molecule has 0 radical (unpaired) electrons. The zero-order chi connectivity index (χ0) is 10.6. The molecule has 0 spiro atoms. The third kappa shape index (κ3) is 2.71. The number of primary amides is 1. The Labute approximate surface area is 98.1 Å². The average molecular weight is 416 g/mol. The molecule has 0 saturated carbocycles. The molecule has 0 aromatic rings. The predicted octanol–water partition coefficient (Wildman–Crippen LogP) is -0.310. The third-order valence-corrected chi connectivity index (χ3v) is 13.4. The fourth-order valence-electron chi connectivity index (χ4n) is 0.907. The summed E-state index contributed by atoms with van der Waals surface area (Å²) >= 11 is -1.40. The number of aliphatic carboxylic acids is 1. The molecule has 13 heavy (non-hydrogen) atoms. The minimum atomic E-state index is -0.933. The molecular formula is C6H13N2O3Te2+. The van der Waals surface area contributed by atoms with Crippen LogP contribution >= 0.6 is 0 Å². The number of quaternary nitrogens is 1. The minimum absolute atomic E-state index is 0.0609. The number of urea groups is 1. The molecule has 0 aliphatic rings. The van der Waals surface area contributed by atoms with Crippen LogP contribution in [-0.2, 0) is 4.79 Å². The van der Waals surface area contributed by atoms with Crippen LogP contribution in [0.15, 0.2) is 0 Å². The number of nitrogens with two attached hydrogens (primary N) is 1. The molecule has 1 unspecified atom stereocenters. The Hall–Kier alpha value is 0.479. The molecule has 3 N–H and O–H groups in total. The van der Waals surface area contributed by atoms with E-state index in [1.807, 2.05) is 9.94 Å². The molecule has 0 aliphatic heterocycles. The Bertz CT molecular complexity index is 218. The Morgan fingerprint density at radius 3 is 1.85 bits per heavy atom. The van der Waals surface area contributed by atoms with Crippen molar-refractivity contribution < 1.29 is 15.7 Å². The molecule has 0 aromatic carbocycles. The summed E-state index contributed by atoms with van der Waals surface area (Å²) in [6, 6.07) is -1.14. The quantitative estimate of drug-likeness (QED) is 0.617. The van der Waals surface area contributed by atoms with Gasteiger partial charge in [-0.1, -0.05) is 0 Å². The molecule has 1 atom stereocenters. The van der Waals surface area contributed by atoms with Crippen LogP contribution in [0.2, 0.25) is 9.94 Å². The first kappa shape index (κ1) is 13.5. The number of amides is 2. The van der Waals surface area contributed by atoms with Gasteiger partial charge in [0.2, 0.25) is 0 Å². The second-order valence-electron chi connectivity index (χ2n) is 2.31. The molecule has 7 heteroatoms. The number of nitrogens with zero attached hydrogens (tertiary/aromatic N) is 1. The molecule has 2 amide bonds. The first-order valence-corrected chi connectivity index (χ1v) is 10.2. The summed E-state index contributed by atoms with van der Waals surface area (Å²) in [5.74, 6) is -0.933. The number of rotatable bonds is 4. The summed E-state index contributed by atoms with van der Waals surface area (Å²) in [7, 11) is 0. The van der Waals surface area contributed by atoms with E-state index in [4.69, 9.17) is 10.8 Å². The monoisotopic (exact) mass is 421 g/mol. The van der Waals surface area contributed by atoms with Crippen LogP contribution in [0.25, 0.3) is 0 Å². The van der Waals surface area contributed by atoms with Gasteiger partial charge in [-0.2, -0.15) is 0 Å². The topological polar surface area (TPSA) is 80.4 Å². The normalized spacial score (nSPS) is 13.8. The van der Waals surface area contributed by atoms with Gasteiger partial charge in [0, 0.05) is 0 Å². The summed E-state index contributed by atoms with van der Waals surface area (Å²) < 4.78 is 0.0609. The molecule has 0 fully saturated rings. The van der Waals surface area contributed by atoms with Gasteiger partial charge in [0.25, 0.3) is 0 Å². The van der Waals surface area contributed by atoms with E-state index in [-0.39, 0.29) is 0.984 Å². The van der Waals surface area contributed by atoms with Crippen LogP contribution in [-0.4, -0.2) is 66.5 Å². The zero-order valence-electron chi connectivity index (χ0n) is 7.68. The van der Waals surface area contributed by atoms with E-state index < -0.39 is 60.4 Å². The molecule has 5 nitrogen and oxygen atoms in total. The van der Waals surface area contributed by atoms with Gasteiger partial charge >= 0.3 is 98.7 Å². The predicted molar refractivity (Wildman–Crippen MR) is 50.2 cm³/mol. The van der Waals surface area contributed by atoms with E-state index in [0.29, 0.717) is 0 Å². The van der Waals surface area contributed by atoms with Gasteiger partial charge in [-0.05, 0) is 0 Å². The maximum atomic E-state index is 11.2. The zero-order valence-corrected chi connectivity index (χ0v) is 12.3. The van der Waals surface area contributed by atoms with Crippen LogP contribution in [0.5, 0.6) is 0 Å². The third-order valence-electron chi connectivity index (χ3n) is 1.72. The van der Waals surface area contributed by atoms with Crippen molar-refractivity contribution in [3.8, 4) is 0 Å². The van der Waals surface area contributed by atoms with E-state index in [1.165, 1.54) is 0 Å². The van der Waals surface area contributed by atoms with Gasteiger partial charge < -0.3 is 0 Å². The second kappa shape index (κ2) is 5.38. The molecule has 0 aliphatic carbocycles. The van der Waals surface area contributed by atoms with Crippen LogP contribution in [0, 0.1) is 0 Å². The number of hydrogen-bond acceptors (Lipinski definition) is 2. The molecule has 0 rings (SSSR count). The second-order valence-corrected chi connectivity index (χ2v) is 9.92. The number of carboxylic acid groups (broad SMARTS) is 1. The number of carbonyl (C=O) groups is 2. The number of hydrogen-bond donors (Lipinski definition) is 2. The fourth-order valence-corrected chi connectivity index (χ4v) is 7.53. The molecule has 76 valence electrons. The SMILES string of the molecule is C[Te][N+]([Te]C)(C(N)=O)C(C)C(=O)O. The van der Waals surface area contributed by atoms with Crippen LogP contribution in [0.1, 0.15) is 6.92 Å². The summed E-state index contributed by atoms with van der Waals surface area (Å²) in [6.07, 6.45) is 0. The summed E-state index contributed by atoms with van der Waals surface area (Å²) in [6.45, 7) is 1.57. The average Bonchev–Trinajstić information content (AvgIpc) is 2.06. The Morgan fingerprint density at radius 2 is 1.77 bits per heavy atom. The Morgan fingerprint density at radius 1 is 1.38 bits per heavy atom. The van der Waals surface area contributed by atoms with E-state index in [9.17, 15) is 9.59 Å². The van der Waals surface area contributed by atoms with E-state index >= 15 is 0 Å². The maximum absolute atomic E-state index is 11.2. The van der Waals surface area contributed by atoms with Crippen molar-refractivity contribution in [2.45, 2.75) is 22.9 Å². The Balaban J connectivity index is 4.97. The molecular weight excluding hydrogens is 403 g/mol. The van der Waals surface area contributed by atoms with Crippen molar-refractivity contribution in [2.24, 2.45) is 5.73 Å². The van der Waals surface area contributed by atoms with Gasteiger partial charge in [0.05, 0.1) is 0 Å². The molecule has 0 saturated heterocycles. The van der Waals surface area contributed by atoms with E-state index in [2.05, 4.69) is 0 Å². The Kier molecular flexibility index (Phi) is 5.58. The number of carboxylic acids is 1. The van der Waals surface area contributed by atoms with E-state index in [1.54, 1.807) is 6.92 Å². The summed E-state index contributed by atoms with van der Waals surface area (Å²) in [5.41, 5.74) is 5.27. The first-order valence-electron chi connectivity index (χ1n) is 3.45. The van der Waals surface area contributed by atoms with Gasteiger partial charge in [0.15, 0.2) is 0 Å². The van der Waals surface area contributed by atoms with Crippen molar-refractivity contribution in [1.29, 1.82) is 0 Å². The van der Waals surface area contributed by atoms with Crippen molar-refractivity contribution >= 4 is 54.4 Å². The van der Waals surface area contributed by atoms with Gasteiger partial charge in [0.1, 0.15) is 0 Å². The van der Waals surface area contributed by atoms with Crippen molar-refractivity contribution in [3.05, 3.63) is 0 Å². The first-order chi connectivity index (χ1) is 5.92. The van der Waals surface area contributed by atoms with E-state index in [0.717, 1.165) is 0 Å². The van der Waals surface area contributed by atoms with Crippen molar-refractivity contribution in [1.82, 2.24) is 0 Å². The van der Waals surface area contributed by atoms with Crippen LogP contribution in [0.3, 0.4) is 0 Å². The van der Waals surface area contributed by atoms with Crippen LogP contribution < -0.4 is 5.73 Å². The molecule has 0 bridgehead atoms.